The van der Waals surface area contributed by atoms with Gasteiger partial charge in [0.2, 0.25) is 5.91 Å². The van der Waals surface area contributed by atoms with Crippen LogP contribution in [0, 0.1) is 23.7 Å². The van der Waals surface area contributed by atoms with Crippen LogP contribution < -0.4 is 5.32 Å². The molecule has 2 N–H and O–H groups in total. The first-order chi connectivity index (χ1) is 11.4. The number of piperidine rings is 1. The van der Waals surface area contributed by atoms with Crippen molar-refractivity contribution in [2.75, 3.05) is 13.1 Å². The summed E-state index contributed by atoms with van der Waals surface area (Å²) in [4.78, 5) is 26.1. The van der Waals surface area contributed by atoms with Crippen LogP contribution in [0.5, 0.6) is 0 Å². The quantitative estimate of drug-likeness (QED) is 0.827. The highest BCUT2D eigenvalue weighted by molar-refractivity contribution is 5.82. The van der Waals surface area contributed by atoms with Gasteiger partial charge in [0.1, 0.15) is 0 Å². The maximum absolute atomic E-state index is 12.9. The molecule has 4 saturated carbocycles. The van der Waals surface area contributed by atoms with Crippen molar-refractivity contribution in [1.82, 2.24) is 10.2 Å². The van der Waals surface area contributed by atoms with Gasteiger partial charge in [0.25, 0.3) is 0 Å². The van der Waals surface area contributed by atoms with Gasteiger partial charge in [-0.25, -0.2) is 0 Å². The molecule has 5 heteroatoms. The Morgan fingerprint density at radius 1 is 1.04 bits per heavy atom. The largest absolute Gasteiger partial charge is 0.481 e. The van der Waals surface area contributed by atoms with Crippen molar-refractivity contribution >= 4 is 11.9 Å². The fourth-order valence-electron chi connectivity index (χ4n) is 6.33. The van der Waals surface area contributed by atoms with Crippen LogP contribution in [0.4, 0.5) is 0 Å². The topological polar surface area (TPSA) is 69.6 Å². The van der Waals surface area contributed by atoms with Gasteiger partial charge in [-0.2, -0.15) is 0 Å². The molecule has 1 unspecified atom stereocenters. The van der Waals surface area contributed by atoms with Gasteiger partial charge in [0, 0.05) is 5.54 Å². The van der Waals surface area contributed by atoms with E-state index in [1.807, 2.05) is 6.92 Å². The van der Waals surface area contributed by atoms with E-state index >= 15 is 0 Å². The van der Waals surface area contributed by atoms with Gasteiger partial charge in [-0.3, -0.25) is 14.5 Å². The molecule has 1 heterocycles. The lowest BCUT2D eigenvalue weighted by Crippen LogP contribution is -2.62. The molecule has 4 bridgehead atoms. The van der Waals surface area contributed by atoms with E-state index in [-0.39, 0.29) is 23.4 Å². The van der Waals surface area contributed by atoms with Crippen LogP contribution in [0.1, 0.15) is 58.3 Å². The third-order valence-electron chi connectivity index (χ3n) is 7.23. The predicted octanol–water partition coefficient (Wildman–Crippen LogP) is 2.26. The summed E-state index contributed by atoms with van der Waals surface area (Å²) in [5, 5.41) is 12.6. The van der Waals surface area contributed by atoms with E-state index in [9.17, 15) is 9.59 Å². The van der Waals surface area contributed by atoms with E-state index in [4.69, 9.17) is 5.11 Å². The summed E-state index contributed by atoms with van der Waals surface area (Å²) in [6, 6.07) is -0.146. The molecule has 0 aromatic carbocycles. The number of nitrogens with zero attached hydrogens (tertiary/aromatic N) is 1. The second-order valence-corrected chi connectivity index (χ2v) is 9.01. The van der Waals surface area contributed by atoms with Crippen LogP contribution >= 0.6 is 0 Å². The fourth-order valence-corrected chi connectivity index (χ4v) is 6.33. The summed E-state index contributed by atoms with van der Waals surface area (Å²) in [6.07, 6.45) is 9.00. The van der Waals surface area contributed by atoms with Gasteiger partial charge in [0.05, 0.1) is 12.0 Å². The first kappa shape index (κ1) is 16.4. The Hall–Kier alpha value is -1.10. The molecule has 0 spiro atoms. The van der Waals surface area contributed by atoms with E-state index in [2.05, 4.69) is 10.2 Å². The Morgan fingerprint density at radius 3 is 2.00 bits per heavy atom. The molecule has 1 saturated heterocycles. The molecule has 1 amide bonds. The van der Waals surface area contributed by atoms with E-state index in [1.54, 1.807) is 0 Å². The second kappa shape index (κ2) is 6.01. The predicted molar refractivity (Wildman–Crippen MR) is 90.4 cm³/mol. The van der Waals surface area contributed by atoms with Crippen LogP contribution in [0.2, 0.25) is 0 Å². The third kappa shape index (κ3) is 2.96. The summed E-state index contributed by atoms with van der Waals surface area (Å²) in [5.41, 5.74) is 0.0689. The normalized spacial score (nSPS) is 40.5. The monoisotopic (exact) mass is 334 g/mol. The number of carbonyl (C=O) groups is 2. The summed E-state index contributed by atoms with van der Waals surface area (Å²) in [6.45, 7) is 3.41. The van der Waals surface area contributed by atoms with Crippen LogP contribution in [0.25, 0.3) is 0 Å². The number of rotatable bonds is 4. The fraction of sp³-hybridized carbons (Fsp3) is 0.895. The van der Waals surface area contributed by atoms with Crippen molar-refractivity contribution in [3.05, 3.63) is 0 Å². The SMILES string of the molecule is CC(C(=O)NC12CC3CC(CC(C3)C1)C2)N1CCC(C(=O)O)CC1. The van der Waals surface area contributed by atoms with Gasteiger partial charge in [-0.15, -0.1) is 0 Å². The average molecular weight is 334 g/mol. The summed E-state index contributed by atoms with van der Waals surface area (Å²) < 4.78 is 0. The molecule has 1 atom stereocenters. The van der Waals surface area contributed by atoms with Crippen molar-refractivity contribution in [2.45, 2.75) is 69.9 Å². The molecule has 5 aliphatic rings. The molecule has 5 nitrogen and oxygen atoms in total. The highest BCUT2D eigenvalue weighted by Gasteiger charge is 2.51. The Kier molecular flexibility index (Phi) is 4.10. The number of carbonyl (C=O) groups excluding carboxylic acids is 1. The zero-order chi connectivity index (χ0) is 16.9. The number of amides is 1. The molecule has 0 aromatic rings. The van der Waals surface area contributed by atoms with Crippen LogP contribution in [-0.2, 0) is 9.59 Å². The Bertz CT molecular complexity index is 489. The molecule has 5 fully saturated rings. The molecular formula is C19H30N2O3. The number of likely N-dealkylation sites (tertiary alicyclic amines) is 1. The number of nitrogens with one attached hydrogen (secondary N) is 1. The standard InChI is InChI=1S/C19H30N2O3/c1-12(21-4-2-16(3-5-21)18(23)24)17(22)20-19-9-13-6-14(10-19)8-15(7-13)11-19/h12-16H,2-11H2,1H3,(H,20,22)(H,23,24). The Morgan fingerprint density at radius 2 is 1.54 bits per heavy atom. The van der Waals surface area contributed by atoms with Crippen molar-refractivity contribution in [3.8, 4) is 0 Å². The van der Waals surface area contributed by atoms with E-state index < -0.39 is 5.97 Å². The first-order valence-electron chi connectivity index (χ1n) is 9.73. The molecule has 5 rings (SSSR count). The zero-order valence-electron chi connectivity index (χ0n) is 14.7. The zero-order valence-corrected chi connectivity index (χ0v) is 14.7. The van der Waals surface area contributed by atoms with Gasteiger partial charge in [0.15, 0.2) is 0 Å². The van der Waals surface area contributed by atoms with E-state index in [0.29, 0.717) is 25.9 Å². The molecule has 4 aliphatic carbocycles. The smallest absolute Gasteiger partial charge is 0.306 e. The van der Waals surface area contributed by atoms with Crippen molar-refractivity contribution < 1.29 is 14.7 Å². The number of carboxylic acid groups (broad SMARTS) is 1. The lowest BCUT2D eigenvalue weighted by atomic mass is 9.53. The minimum Gasteiger partial charge on any atom is -0.481 e. The highest BCUT2D eigenvalue weighted by Crippen LogP contribution is 2.55. The number of aliphatic carboxylic acids is 1. The van der Waals surface area contributed by atoms with E-state index in [1.165, 1.54) is 38.5 Å². The molecule has 0 radical (unpaired) electrons. The summed E-state index contributed by atoms with van der Waals surface area (Å²) in [5.74, 6) is 1.72. The second-order valence-electron chi connectivity index (χ2n) is 9.01. The Labute approximate surface area is 144 Å². The number of hydrogen-bond acceptors (Lipinski definition) is 3. The third-order valence-corrected chi connectivity index (χ3v) is 7.23. The minimum atomic E-state index is -0.694. The maximum Gasteiger partial charge on any atom is 0.306 e. The summed E-state index contributed by atoms with van der Waals surface area (Å²) in [7, 11) is 0. The maximum atomic E-state index is 12.9. The first-order valence-corrected chi connectivity index (χ1v) is 9.73. The lowest BCUT2D eigenvalue weighted by molar-refractivity contribution is -0.143. The number of carboxylic acids is 1. The summed E-state index contributed by atoms with van der Waals surface area (Å²) >= 11 is 0. The molecular weight excluding hydrogens is 304 g/mol. The van der Waals surface area contributed by atoms with Crippen molar-refractivity contribution in [3.63, 3.8) is 0 Å². The molecule has 24 heavy (non-hydrogen) atoms. The van der Waals surface area contributed by atoms with Crippen molar-refractivity contribution in [1.29, 1.82) is 0 Å². The lowest BCUT2D eigenvalue weighted by Gasteiger charge is -2.57. The van der Waals surface area contributed by atoms with Gasteiger partial charge < -0.3 is 10.4 Å². The van der Waals surface area contributed by atoms with Gasteiger partial charge in [-0.05, 0) is 89.1 Å². The van der Waals surface area contributed by atoms with Crippen LogP contribution in [0.3, 0.4) is 0 Å². The van der Waals surface area contributed by atoms with Crippen LogP contribution in [0.15, 0.2) is 0 Å². The molecule has 1 aliphatic heterocycles. The van der Waals surface area contributed by atoms with Gasteiger partial charge in [-0.1, -0.05) is 0 Å². The highest BCUT2D eigenvalue weighted by atomic mass is 16.4. The Balaban J connectivity index is 1.35. The average Bonchev–Trinajstić information content (AvgIpc) is 2.52. The van der Waals surface area contributed by atoms with Crippen LogP contribution in [-0.4, -0.2) is 46.6 Å². The van der Waals surface area contributed by atoms with Gasteiger partial charge >= 0.3 is 5.97 Å². The molecule has 0 aromatic heterocycles. The number of hydrogen-bond donors (Lipinski definition) is 2. The molecule has 134 valence electrons. The van der Waals surface area contributed by atoms with E-state index in [0.717, 1.165) is 17.8 Å². The van der Waals surface area contributed by atoms with Crippen molar-refractivity contribution in [2.24, 2.45) is 23.7 Å². The minimum absolute atomic E-state index is 0.0689.